The molecule has 0 aliphatic heterocycles. The van der Waals surface area contributed by atoms with Gasteiger partial charge < -0.3 is 10.1 Å². The molecule has 0 spiro atoms. The highest BCUT2D eigenvalue weighted by atomic mass is 32.2. The molecule has 1 saturated carbocycles. The maximum Gasteiger partial charge on any atom is 0.265 e. The molecule has 1 atom stereocenters. The van der Waals surface area contributed by atoms with Gasteiger partial charge in [0.25, 0.3) is 5.91 Å². The minimum atomic E-state index is -3.55. The molecule has 0 saturated heterocycles. The van der Waals surface area contributed by atoms with Gasteiger partial charge in [-0.05, 0) is 68.7 Å². The van der Waals surface area contributed by atoms with E-state index >= 15 is 0 Å². The Labute approximate surface area is 172 Å². The van der Waals surface area contributed by atoms with Crippen LogP contribution in [-0.2, 0) is 14.8 Å². The summed E-state index contributed by atoms with van der Waals surface area (Å²) in [6.45, 7) is 3.63. The van der Waals surface area contributed by atoms with Crippen molar-refractivity contribution in [1.29, 1.82) is 0 Å². The molecule has 29 heavy (non-hydrogen) atoms. The molecule has 156 valence electrons. The molecule has 0 heterocycles. The third-order valence-corrected chi connectivity index (χ3v) is 6.57. The molecule has 2 aromatic carbocycles. The Morgan fingerprint density at radius 3 is 2.41 bits per heavy atom. The fraction of sp³-hybridized carbons (Fsp3) is 0.409. The topological polar surface area (TPSA) is 84.5 Å². The second-order valence-corrected chi connectivity index (χ2v) is 9.26. The third-order valence-electron chi connectivity index (χ3n) is 5.03. The number of sulfonamides is 1. The van der Waals surface area contributed by atoms with E-state index in [1.54, 1.807) is 25.1 Å². The Hall–Kier alpha value is -2.38. The second-order valence-electron chi connectivity index (χ2n) is 7.55. The lowest BCUT2D eigenvalue weighted by molar-refractivity contribution is -0.122. The highest BCUT2D eigenvalue weighted by molar-refractivity contribution is 7.89. The van der Waals surface area contributed by atoms with Crippen molar-refractivity contribution in [2.75, 3.05) is 5.32 Å². The first kappa shape index (κ1) is 21.3. The molecule has 0 bridgehead atoms. The number of carbonyl (C=O) groups is 1. The van der Waals surface area contributed by atoms with Crippen LogP contribution in [0.3, 0.4) is 0 Å². The summed E-state index contributed by atoms with van der Waals surface area (Å²) in [6.07, 6.45) is 4.35. The number of amides is 1. The van der Waals surface area contributed by atoms with Gasteiger partial charge in [-0.2, -0.15) is 0 Å². The summed E-state index contributed by atoms with van der Waals surface area (Å²) in [5.41, 5.74) is 1.57. The van der Waals surface area contributed by atoms with E-state index in [9.17, 15) is 13.2 Å². The summed E-state index contributed by atoms with van der Waals surface area (Å²) in [4.78, 5) is 12.6. The SMILES string of the molecule is Cc1cccc(OC(C)C(=O)Nc2ccc(S(=O)(=O)NC3CCCCC3)cc2)c1. The van der Waals surface area contributed by atoms with Crippen molar-refractivity contribution in [3.63, 3.8) is 0 Å². The smallest absolute Gasteiger partial charge is 0.265 e. The van der Waals surface area contributed by atoms with Gasteiger partial charge in [0, 0.05) is 11.7 Å². The van der Waals surface area contributed by atoms with Crippen LogP contribution in [0.5, 0.6) is 5.75 Å². The summed E-state index contributed by atoms with van der Waals surface area (Å²) < 4.78 is 33.6. The molecule has 3 rings (SSSR count). The van der Waals surface area contributed by atoms with E-state index < -0.39 is 16.1 Å². The minimum Gasteiger partial charge on any atom is -0.481 e. The number of anilines is 1. The standard InChI is InChI=1S/C22H28N2O4S/c1-16-7-6-10-20(15-16)28-17(2)22(25)23-18-11-13-21(14-12-18)29(26,27)24-19-8-4-3-5-9-19/h6-7,10-15,17,19,24H,3-5,8-9H2,1-2H3,(H,23,25). The van der Waals surface area contributed by atoms with E-state index in [-0.39, 0.29) is 16.8 Å². The van der Waals surface area contributed by atoms with Gasteiger partial charge in [-0.3, -0.25) is 4.79 Å². The number of aryl methyl sites for hydroxylation is 1. The van der Waals surface area contributed by atoms with E-state index in [4.69, 9.17) is 4.74 Å². The average Bonchev–Trinajstić information content (AvgIpc) is 2.69. The number of ether oxygens (including phenoxy) is 1. The first-order chi connectivity index (χ1) is 13.8. The van der Waals surface area contributed by atoms with Gasteiger partial charge in [-0.15, -0.1) is 0 Å². The lowest BCUT2D eigenvalue weighted by atomic mass is 9.96. The predicted molar refractivity (Wildman–Crippen MR) is 114 cm³/mol. The maximum absolute atomic E-state index is 12.6. The minimum absolute atomic E-state index is 0.00718. The first-order valence-electron chi connectivity index (χ1n) is 10.00. The number of rotatable bonds is 7. The molecule has 1 fully saturated rings. The van der Waals surface area contributed by atoms with Crippen molar-refractivity contribution in [2.24, 2.45) is 0 Å². The Morgan fingerprint density at radius 2 is 1.76 bits per heavy atom. The zero-order chi connectivity index (χ0) is 20.9. The van der Waals surface area contributed by atoms with Crippen LogP contribution >= 0.6 is 0 Å². The number of hydrogen-bond acceptors (Lipinski definition) is 4. The molecule has 7 heteroatoms. The monoisotopic (exact) mass is 416 g/mol. The second kappa shape index (κ2) is 9.41. The van der Waals surface area contributed by atoms with Crippen molar-refractivity contribution in [1.82, 2.24) is 4.72 Å². The summed E-state index contributed by atoms with van der Waals surface area (Å²) in [5, 5.41) is 2.76. The van der Waals surface area contributed by atoms with Crippen molar-refractivity contribution in [3.05, 3.63) is 54.1 Å². The molecule has 2 N–H and O–H groups in total. The number of hydrogen-bond donors (Lipinski definition) is 2. The molecule has 1 aliphatic rings. The van der Waals surface area contributed by atoms with Crippen LogP contribution < -0.4 is 14.8 Å². The van der Waals surface area contributed by atoms with Crippen LogP contribution in [0.25, 0.3) is 0 Å². The van der Waals surface area contributed by atoms with E-state index in [0.717, 1.165) is 31.2 Å². The summed E-state index contributed by atoms with van der Waals surface area (Å²) in [7, 11) is -3.55. The van der Waals surface area contributed by atoms with E-state index in [2.05, 4.69) is 10.0 Å². The van der Waals surface area contributed by atoms with Gasteiger partial charge in [-0.1, -0.05) is 31.4 Å². The van der Waals surface area contributed by atoms with Crippen LogP contribution in [-0.4, -0.2) is 26.5 Å². The molecule has 6 nitrogen and oxygen atoms in total. The normalized spacial score (nSPS) is 16.2. The molecule has 1 amide bonds. The van der Waals surface area contributed by atoms with Gasteiger partial charge >= 0.3 is 0 Å². The lowest BCUT2D eigenvalue weighted by Crippen LogP contribution is -2.36. The largest absolute Gasteiger partial charge is 0.481 e. The first-order valence-corrected chi connectivity index (χ1v) is 11.5. The zero-order valence-corrected chi connectivity index (χ0v) is 17.7. The van der Waals surface area contributed by atoms with Gasteiger partial charge in [0.05, 0.1) is 4.90 Å². The van der Waals surface area contributed by atoms with Crippen molar-refractivity contribution in [3.8, 4) is 5.75 Å². The molecular formula is C22H28N2O4S. The van der Waals surface area contributed by atoms with Gasteiger partial charge in [-0.25, -0.2) is 13.1 Å². The Morgan fingerprint density at radius 1 is 1.07 bits per heavy atom. The van der Waals surface area contributed by atoms with Gasteiger partial charge in [0.2, 0.25) is 10.0 Å². The van der Waals surface area contributed by atoms with Crippen molar-refractivity contribution >= 4 is 21.6 Å². The molecule has 2 aromatic rings. The van der Waals surface area contributed by atoms with Crippen molar-refractivity contribution in [2.45, 2.75) is 63.0 Å². The van der Waals surface area contributed by atoms with Crippen LogP contribution in [0.2, 0.25) is 0 Å². The molecule has 1 unspecified atom stereocenters. The van der Waals surface area contributed by atoms with Gasteiger partial charge in [0.15, 0.2) is 6.10 Å². The summed E-state index contributed by atoms with van der Waals surface area (Å²) >= 11 is 0. The number of carbonyl (C=O) groups excluding carboxylic acids is 1. The van der Waals surface area contributed by atoms with Crippen LogP contribution in [0.15, 0.2) is 53.4 Å². The predicted octanol–water partition coefficient (Wildman–Crippen LogP) is 4.01. The molecule has 0 aromatic heterocycles. The van der Waals surface area contributed by atoms with Crippen LogP contribution in [0, 0.1) is 6.92 Å². The third kappa shape index (κ3) is 6.05. The summed E-state index contributed by atoms with van der Waals surface area (Å²) in [6, 6.07) is 13.7. The highest BCUT2D eigenvalue weighted by Gasteiger charge is 2.22. The number of benzene rings is 2. The molecular weight excluding hydrogens is 388 g/mol. The van der Waals surface area contributed by atoms with Gasteiger partial charge in [0.1, 0.15) is 5.75 Å². The lowest BCUT2D eigenvalue weighted by Gasteiger charge is -2.22. The molecule has 0 radical (unpaired) electrons. The van der Waals surface area contributed by atoms with Crippen LogP contribution in [0.4, 0.5) is 5.69 Å². The Kier molecular flexibility index (Phi) is 6.92. The maximum atomic E-state index is 12.6. The molecule has 1 aliphatic carbocycles. The Balaban J connectivity index is 1.58. The average molecular weight is 417 g/mol. The summed E-state index contributed by atoms with van der Waals surface area (Å²) in [5.74, 6) is 0.324. The Bertz CT molecular complexity index is 936. The van der Waals surface area contributed by atoms with E-state index in [1.165, 1.54) is 18.6 Å². The van der Waals surface area contributed by atoms with E-state index in [1.807, 2.05) is 25.1 Å². The fourth-order valence-corrected chi connectivity index (χ4v) is 4.72. The van der Waals surface area contributed by atoms with Crippen molar-refractivity contribution < 1.29 is 17.9 Å². The fourth-order valence-electron chi connectivity index (χ4n) is 3.42. The quantitative estimate of drug-likeness (QED) is 0.714. The highest BCUT2D eigenvalue weighted by Crippen LogP contribution is 2.21. The zero-order valence-electron chi connectivity index (χ0n) is 16.9. The van der Waals surface area contributed by atoms with Crippen LogP contribution in [0.1, 0.15) is 44.6 Å². The number of nitrogens with one attached hydrogen (secondary N) is 2. The van der Waals surface area contributed by atoms with E-state index in [0.29, 0.717) is 11.4 Å².